The standard InChI is InChI=1S/C37H46N8O6S2/c1-17(2)26-34-39-23(14-50-34)30(46)38-22(13-21-11-9-8-10-12-21)36-40-24(15-52-36)31(47)43-27(18(3)4)35-45-29(20(7)51-35)33(49)44-28(19(5)6)37-41-25(16-53-37)32(48)42-26/h8-12,15-20,22-23,26-29H,13-14H2,1-7H3,(H,38,46)(H,42,48)(H,43,47)(H,44,49)/t20-,22-,23+,26+,27+,28-,29+/m1/s1. The molecule has 0 spiro atoms. The van der Waals surface area contributed by atoms with E-state index in [-0.39, 0.29) is 59.4 Å². The van der Waals surface area contributed by atoms with Crippen molar-refractivity contribution in [3.05, 3.63) is 68.1 Å². The number of rotatable bonds is 5. The molecule has 14 nitrogen and oxygen atoms in total. The molecule has 6 rings (SSSR count). The Labute approximate surface area is 316 Å². The number of carbonyl (C=O) groups excluding carboxylic acids is 4. The molecule has 4 N–H and O–H groups in total. The van der Waals surface area contributed by atoms with Crippen molar-refractivity contribution in [3.63, 3.8) is 0 Å². The van der Waals surface area contributed by atoms with Gasteiger partial charge in [-0.15, -0.1) is 22.7 Å². The minimum atomic E-state index is -0.867. The van der Waals surface area contributed by atoms with Crippen LogP contribution in [-0.2, 0) is 25.5 Å². The number of fused-ring (bicyclic) bond motifs is 6. The number of benzene rings is 1. The SMILES string of the molecule is CC(C)[C@@H]1NC(=O)c2csc(n2)[C@@H](C(C)C)NC(=O)[C@H]2N=C(O[C@@H]2C)[C@H](C(C)C)NC(=O)c2csc(n2)[C@@H](Cc2ccccc2)NC(=O)[C@@H]2COC1=N2. The summed E-state index contributed by atoms with van der Waals surface area (Å²) in [5.41, 5.74) is 1.34. The highest BCUT2D eigenvalue weighted by Gasteiger charge is 2.40. The number of aromatic nitrogens is 2. The van der Waals surface area contributed by atoms with Crippen molar-refractivity contribution in [2.75, 3.05) is 6.61 Å². The summed E-state index contributed by atoms with van der Waals surface area (Å²) in [5, 5.41) is 16.6. The third-order valence-corrected chi connectivity index (χ3v) is 11.2. The van der Waals surface area contributed by atoms with Gasteiger partial charge in [0, 0.05) is 10.8 Å². The summed E-state index contributed by atoms with van der Waals surface area (Å²) < 4.78 is 12.0. The molecular formula is C37H46N8O6S2. The molecule has 8 bridgehead atoms. The van der Waals surface area contributed by atoms with Crippen LogP contribution >= 0.6 is 22.7 Å². The minimum Gasteiger partial charge on any atom is -0.477 e. The zero-order chi connectivity index (χ0) is 38.0. The average Bonchev–Trinajstić information content (AvgIpc) is 3.94. The Bertz CT molecular complexity index is 1890. The first-order chi connectivity index (χ1) is 25.3. The third kappa shape index (κ3) is 8.59. The summed E-state index contributed by atoms with van der Waals surface area (Å²) >= 11 is 2.54. The Morgan fingerprint density at radius 1 is 0.717 bits per heavy atom. The van der Waals surface area contributed by atoms with Crippen LogP contribution in [0, 0.1) is 17.8 Å². The smallest absolute Gasteiger partial charge is 0.271 e. The predicted molar refractivity (Wildman–Crippen MR) is 202 cm³/mol. The van der Waals surface area contributed by atoms with Gasteiger partial charge in [0.1, 0.15) is 46.2 Å². The summed E-state index contributed by atoms with van der Waals surface area (Å²) in [6, 6.07) is 5.62. The molecular weight excluding hydrogens is 717 g/mol. The summed E-state index contributed by atoms with van der Waals surface area (Å²) in [4.78, 5) is 73.3. The predicted octanol–water partition coefficient (Wildman–Crippen LogP) is 4.02. The van der Waals surface area contributed by atoms with Crippen molar-refractivity contribution >= 4 is 58.1 Å². The summed E-state index contributed by atoms with van der Waals surface area (Å²) in [7, 11) is 0. The molecule has 1 aromatic carbocycles. The number of thiazole rings is 2. The number of hydrogen-bond donors (Lipinski definition) is 4. The summed E-state index contributed by atoms with van der Waals surface area (Å²) in [6.45, 7) is 13.4. The fraction of sp³-hybridized carbons (Fsp3) is 0.514. The van der Waals surface area contributed by atoms with Gasteiger partial charge < -0.3 is 30.7 Å². The average molecular weight is 763 g/mol. The molecule has 0 saturated carbocycles. The van der Waals surface area contributed by atoms with E-state index in [1.165, 1.54) is 22.7 Å². The molecule has 0 radical (unpaired) electrons. The van der Waals surface area contributed by atoms with E-state index in [1.807, 2.05) is 71.9 Å². The van der Waals surface area contributed by atoms with Gasteiger partial charge in [0.25, 0.3) is 11.8 Å². The zero-order valence-electron chi connectivity index (χ0n) is 30.8. The highest BCUT2D eigenvalue weighted by atomic mass is 32.1. The van der Waals surface area contributed by atoms with E-state index in [2.05, 4.69) is 41.2 Å². The van der Waals surface area contributed by atoms with Crippen LogP contribution < -0.4 is 21.3 Å². The molecule has 5 heterocycles. The molecule has 0 saturated heterocycles. The number of nitrogens with one attached hydrogen (secondary N) is 4. The van der Waals surface area contributed by atoms with E-state index in [9.17, 15) is 19.2 Å². The Kier molecular flexibility index (Phi) is 11.6. The van der Waals surface area contributed by atoms with Crippen molar-refractivity contribution in [2.24, 2.45) is 27.7 Å². The van der Waals surface area contributed by atoms with Crippen LogP contribution in [0.2, 0.25) is 0 Å². The van der Waals surface area contributed by atoms with Gasteiger partial charge in [0.15, 0.2) is 12.1 Å². The maximum absolute atomic E-state index is 13.8. The van der Waals surface area contributed by atoms with Crippen molar-refractivity contribution in [1.29, 1.82) is 0 Å². The minimum absolute atomic E-state index is 0.00259. The van der Waals surface area contributed by atoms with E-state index in [0.29, 0.717) is 16.4 Å². The third-order valence-electron chi connectivity index (χ3n) is 9.34. The molecule has 282 valence electrons. The second-order valence-electron chi connectivity index (χ2n) is 14.5. The lowest BCUT2D eigenvalue weighted by atomic mass is 10.0. The molecule has 3 aromatic rings. The van der Waals surface area contributed by atoms with Gasteiger partial charge in [-0.25, -0.2) is 20.0 Å². The normalized spacial score (nSPS) is 26.9. The van der Waals surface area contributed by atoms with E-state index in [4.69, 9.17) is 9.47 Å². The Hall–Kier alpha value is -4.70. The van der Waals surface area contributed by atoms with Crippen molar-refractivity contribution < 1.29 is 28.7 Å². The zero-order valence-corrected chi connectivity index (χ0v) is 32.4. The number of amides is 4. The Morgan fingerprint density at radius 3 is 1.92 bits per heavy atom. The Balaban J connectivity index is 1.36. The molecule has 16 heteroatoms. The van der Waals surface area contributed by atoms with Gasteiger partial charge in [-0.1, -0.05) is 71.9 Å². The number of nitrogens with zero attached hydrogens (tertiary/aromatic N) is 4. The van der Waals surface area contributed by atoms with Crippen LogP contribution in [-0.4, -0.2) is 82.3 Å². The molecule has 4 amide bonds. The van der Waals surface area contributed by atoms with Crippen molar-refractivity contribution in [3.8, 4) is 0 Å². The molecule has 3 aliphatic rings. The van der Waals surface area contributed by atoms with Crippen molar-refractivity contribution in [2.45, 2.75) is 97.2 Å². The summed E-state index contributed by atoms with van der Waals surface area (Å²) in [5.74, 6) is -1.38. The van der Waals surface area contributed by atoms with E-state index in [1.54, 1.807) is 17.7 Å². The largest absolute Gasteiger partial charge is 0.477 e. The number of aliphatic imine (C=N–C) groups is 2. The summed E-state index contributed by atoms with van der Waals surface area (Å²) in [6.07, 6.45) is -0.172. The lowest BCUT2D eigenvalue weighted by Gasteiger charge is -2.23. The molecule has 53 heavy (non-hydrogen) atoms. The second kappa shape index (κ2) is 16.1. The molecule has 3 aliphatic heterocycles. The highest BCUT2D eigenvalue weighted by Crippen LogP contribution is 2.28. The van der Waals surface area contributed by atoms with Crippen LogP contribution in [0.15, 0.2) is 51.1 Å². The monoisotopic (exact) mass is 762 g/mol. The number of carbonyl (C=O) groups is 4. The molecule has 0 aliphatic carbocycles. The molecule has 7 atom stereocenters. The van der Waals surface area contributed by atoms with Crippen LogP contribution in [0.1, 0.15) is 97.1 Å². The van der Waals surface area contributed by atoms with Gasteiger partial charge >= 0.3 is 0 Å². The Morgan fingerprint density at radius 2 is 1.30 bits per heavy atom. The van der Waals surface area contributed by atoms with Crippen molar-refractivity contribution in [1.82, 2.24) is 31.2 Å². The fourth-order valence-corrected chi connectivity index (χ4v) is 8.13. The van der Waals surface area contributed by atoms with E-state index < -0.39 is 54.2 Å². The van der Waals surface area contributed by atoms with Gasteiger partial charge in [-0.2, -0.15) is 0 Å². The van der Waals surface area contributed by atoms with Gasteiger partial charge in [0.05, 0.1) is 12.1 Å². The molecule has 0 fully saturated rings. The van der Waals surface area contributed by atoms with Gasteiger partial charge in [-0.05, 0) is 36.7 Å². The quantitative estimate of drug-likeness (QED) is 0.300. The highest BCUT2D eigenvalue weighted by molar-refractivity contribution is 7.10. The molecule has 2 aromatic heterocycles. The topological polar surface area (TPSA) is 185 Å². The maximum atomic E-state index is 13.8. The first-order valence-corrected chi connectivity index (χ1v) is 19.7. The number of hydrogen-bond acceptors (Lipinski definition) is 12. The lowest BCUT2D eigenvalue weighted by Crippen LogP contribution is -2.45. The maximum Gasteiger partial charge on any atom is 0.271 e. The molecule has 0 unspecified atom stereocenters. The lowest BCUT2D eigenvalue weighted by molar-refractivity contribution is -0.125. The van der Waals surface area contributed by atoms with Gasteiger partial charge in [0.2, 0.25) is 23.6 Å². The van der Waals surface area contributed by atoms with Crippen LogP contribution in [0.3, 0.4) is 0 Å². The van der Waals surface area contributed by atoms with Crippen LogP contribution in [0.5, 0.6) is 0 Å². The van der Waals surface area contributed by atoms with Gasteiger partial charge in [-0.3, -0.25) is 19.2 Å². The number of ether oxygens (including phenoxy) is 2. The van der Waals surface area contributed by atoms with E-state index in [0.717, 1.165) is 5.56 Å². The van der Waals surface area contributed by atoms with Crippen LogP contribution in [0.4, 0.5) is 0 Å². The first-order valence-electron chi connectivity index (χ1n) is 17.9. The second-order valence-corrected chi connectivity index (χ2v) is 16.3. The first kappa shape index (κ1) is 38.0. The van der Waals surface area contributed by atoms with Crippen LogP contribution in [0.25, 0.3) is 0 Å². The fourth-order valence-electron chi connectivity index (χ4n) is 6.26. The van der Waals surface area contributed by atoms with E-state index >= 15 is 0 Å².